The number of amides is 1. The number of carboxylic acid groups (broad SMARTS) is 1. The Balaban J connectivity index is 0.00000242. The summed E-state index contributed by atoms with van der Waals surface area (Å²) >= 11 is 0. The van der Waals surface area contributed by atoms with E-state index in [0.29, 0.717) is 6.61 Å². The predicted molar refractivity (Wildman–Crippen MR) is 81.7 cm³/mol. The average molecular weight is 315 g/mol. The van der Waals surface area contributed by atoms with Gasteiger partial charge in [0, 0.05) is 6.42 Å². The average Bonchev–Trinajstić information content (AvgIpc) is 2.44. The molecule has 0 aromatic heterocycles. The van der Waals surface area contributed by atoms with E-state index in [2.05, 4.69) is 5.32 Å². The van der Waals surface area contributed by atoms with Crippen LogP contribution in [0.5, 0.6) is 0 Å². The number of rotatable bonds is 6. The third-order valence-corrected chi connectivity index (χ3v) is 3.16. The number of hydrogen-bond acceptors (Lipinski definition) is 4. The first-order chi connectivity index (χ1) is 10.1. The van der Waals surface area contributed by atoms with Crippen LogP contribution in [-0.4, -0.2) is 64.3 Å². The Morgan fingerprint density at radius 1 is 1.32 bits per heavy atom. The van der Waals surface area contributed by atoms with Gasteiger partial charge in [-0.1, -0.05) is 30.3 Å². The second-order valence-corrected chi connectivity index (χ2v) is 4.87. The third kappa shape index (κ3) is 5.46. The van der Waals surface area contributed by atoms with E-state index in [1.807, 2.05) is 30.3 Å². The number of nitrogens with one attached hydrogen (secondary N) is 1. The number of aliphatic hydroxyl groups is 1. The number of aliphatic carboxylic acids is 1. The molecule has 0 bridgehead atoms. The molecular weight excluding hydrogens is 297 g/mol. The molecule has 7 heteroatoms. The van der Waals surface area contributed by atoms with E-state index in [0.717, 1.165) is 5.56 Å². The van der Waals surface area contributed by atoms with Crippen LogP contribution in [0.1, 0.15) is 18.4 Å². The molecule has 1 aromatic carbocycles. The van der Waals surface area contributed by atoms with Crippen molar-refractivity contribution in [3.05, 3.63) is 47.2 Å². The number of carbonyl (C=O) groups is 2. The molecule has 0 spiro atoms. The number of aliphatic hydroxyl groups excluding tert-OH is 1. The van der Waals surface area contributed by atoms with Gasteiger partial charge >= 0.3 is 35.5 Å². The predicted octanol–water partition coefficient (Wildman–Crippen LogP) is 0.730. The van der Waals surface area contributed by atoms with Gasteiger partial charge in [0.15, 0.2) is 0 Å². The van der Waals surface area contributed by atoms with Gasteiger partial charge in [0.2, 0.25) is 0 Å². The fourth-order valence-corrected chi connectivity index (χ4v) is 2.14. The van der Waals surface area contributed by atoms with Gasteiger partial charge in [-0.15, -0.1) is 0 Å². The first-order valence-corrected chi connectivity index (χ1v) is 6.61. The SMILES string of the molecule is O=C(O)CC1=C(O)CC(COCc2ccccc2)NC1=O.[NaH]. The first-order valence-electron chi connectivity index (χ1n) is 6.61. The number of ether oxygens (including phenoxy) is 1. The van der Waals surface area contributed by atoms with Gasteiger partial charge in [0.05, 0.1) is 31.2 Å². The van der Waals surface area contributed by atoms with Gasteiger partial charge in [-0.3, -0.25) is 9.59 Å². The van der Waals surface area contributed by atoms with Crippen LogP contribution in [0, 0.1) is 0 Å². The molecule has 1 atom stereocenters. The molecule has 22 heavy (non-hydrogen) atoms. The quantitative estimate of drug-likeness (QED) is 0.673. The van der Waals surface area contributed by atoms with Gasteiger partial charge in [0.1, 0.15) is 5.76 Å². The zero-order chi connectivity index (χ0) is 15.2. The number of carbonyl (C=O) groups excluding carboxylic acids is 1. The maximum atomic E-state index is 11.7. The molecule has 0 radical (unpaired) electrons. The molecule has 0 aliphatic carbocycles. The van der Waals surface area contributed by atoms with Crippen LogP contribution in [-0.2, 0) is 20.9 Å². The molecule has 1 heterocycles. The molecular formula is C15H18NNaO5. The zero-order valence-electron chi connectivity index (χ0n) is 11.4. The van der Waals surface area contributed by atoms with E-state index in [1.54, 1.807) is 0 Å². The van der Waals surface area contributed by atoms with Crippen molar-refractivity contribution in [2.75, 3.05) is 6.61 Å². The van der Waals surface area contributed by atoms with Crippen molar-refractivity contribution in [3.63, 3.8) is 0 Å². The van der Waals surface area contributed by atoms with Crippen molar-refractivity contribution in [1.82, 2.24) is 5.32 Å². The summed E-state index contributed by atoms with van der Waals surface area (Å²) in [7, 11) is 0. The second-order valence-electron chi connectivity index (χ2n) is 4.87. The van der Waals surface area contributed by atoms with Crippen molar-refractivity contribution in [2.24, 2.45) is 0 Å². The molecule has 2 rings (SSSR count). The third-order valence-electron chi connectivity index (χ3n) is 3.16. The summed E-state index contributed by atoms with van der Waals surface area (Å²) in [5.41, 5.74) is 0.938. The summed E-state index contributed by atoms with van der Waals surface area (Å²) < 4.78 is 5.51. The monoisotopic (exact) mass is 315 g/mol. The van der Waals surface area contributed by atoms with Gasteiger partial charge in [0.25, 0.3) is 5.91 Å². The Hall–Kier alpha value is -1.34. The second kappa shape index (κ2) is 8.95. The van der Waals surface area contributed by atoms with Gasteiger partial charge in [-0.05, 0) is 5.56 Å². The molecule has 0 saturated carbocycles. The normalized spacial score (nSPS) is 17.6. The van der Waals surface area contributed by atoms with E-state index >= 15 is 0 Å². The molecule has 3 N–H and O–H groups in total. The summed E-state index contributed by atoms with van der Waals surface area (Å²) in [5.74, 6) is -1.87. The van der Waals surface area contributed by atoms with Crippen LogP contribution in [0.4, 0.5) is 0 Å². The van der Waals surface area contributed by atoms with Crippen LogP contribution < -0.4 is 5.32 Å². The van der Waals surface area contributed by atoms with Crippen molar-refractivity contribution in [1.29, 1.82) is 0 Å². The topological polar surface area (TPSA) is 95.9 Å². The minimum atomic E-state index is -1.15. The van der Waals surface area contributed by atoms with Crippen LogP contribution in [0.2, 0.25) is 0 Å². The van der Waals surface area contributed by atoms with Crippen molar-refractivity contribution in [2.45, 2.75) is 25.5 Å². The van der Waals surface area contributed by atoms with Gasteiger partial charge in [-0.2, -0.15) is 0 Å². The Morgan fingerprint density at radius 3 is 2.59 bits per heavy atom. The minimum absolute atomic E-state index is 0. The Morgan fingerprint density at radius 2 is 2.00 bits per heavy atom. The molecule has 0 fully saturated rings. The summed E-state index contributed by atoms with van der Waals surface area (Å²) in [4.78, 5) is 22.4. The zero-order valence-corrected chi connectivity index (χ0v) is 11.4. The molecule has 1 aliphatic heterocycles. The van der Waals surface area contributed by atoms with E-state index in [4.69, 9.17) is 9.84 Å². The molecule has 1 amide bonds. The summed E-state index contributed by atoms with van der Waals surface area (Å²) in [6.07, 6.45) is -0.293. The Bertz CT molecular complexity index is 558. The number of benzene rings is 1. The van der Waals surface area contributed by atoms with Crippen LogP contribution in [0.15, 0.2) is 41.7 Å². The molecule has 0 saturated heterocycles. The fraction of sp³-hybridized carbons (Fsp3) is 0.333. The summed E-state index contributed by atoms with van der Waals surface area (Å²) in [6.45, 7) is 0.671. The molecule has 114 valence electrons. The molecule has 1 aromatic rings. The van der Waals surface area contributed by atoms with E-state index in [1.165, 1.54) is 0 Å². The van der Waals surface area contributed by atoms with Crippen molar-refractivity contribution < 1.29 is 24.5 Å². The van der Waals surface area contributed by atoms with E-state index in [-0.39, 0.29) is 60.0 Å². The van der Waals surface area contributed by atoms with E-state index in [9.17, 15) is 14.7 Å². The Kier molecular flexibility index (Phi) is 7.61. The van der Waals surface area contributed by atoms with Crippen LogP contribution in [0.3, 0.4) is 0 Å². The fourth-order valence-electron chi connectivity index (χ4n) is 2.14. The standard InChI is InChI=1S/C15H17NO5.Na.H/c17-13-6-11(16-15(20)12(13)7-14(18)19)9-21-8-10-4-2-1-3-5-10;;/h1-5,11,17H,6-9H2,(H,16,20)(H,18,19);;. The van der Waals surface area contributed by atoms with E-state index < -0.39 is 18.3 Å². The maximum absolute atomic E-state index is 11.7. The molecule has 1 aliphatic rings. The summed E-state index contributed by atoms with van der Waals surface area (Å²) in [6, 6.07) is 9.25. The van der Waals surface area contributed by atoms with Crippen LogP contribution >= 0.6 is 0 Å². The van der Waals surface area contributed by atoms with Crippen molar-refractivity contribution in [3.8, 4) is 0 Å². The first kappa shape index (κ1) is 18.7. The van der Waals surface area contributed by atoms with Crippen LogP contribution in [0.25, 0.3) is 0 Å². The molecule has 6 nitrogen and oxygen atoms in total. The number of hydrogen-bond donors (Lipinski definition) is 3. The number of carboxylic acids is 1. The Labute approximate surface area is 150 Å². The summed E-state index contributed by atoms with van der Waals surface area (Å²) in [5, 5.41) is 21.1. The van der Waals surface area contributed by atoms with Gasteiger partial charge < -0.3 is 20.3 Å². The molecule has 1 unspecified atom stereocenters. The van der Waals surface area contributed by atoms with Crippen molar-refractivity contribution >= 4 is 41.4 Å². The van der Waals surface area contributed by atoms with Gasteiger partial charge in [-0.25, -0.2) is 0 Å².